The molecule has 0 aromatic heterocycles. The number of rotatable bonds is 6. The molecule has 1 saturated heterocycles. The van der Waals surface area contributed by atoms with E-state index in [1.807, 2.05) is 30.3 Å². The molecule has 0 saturated carbocycles. The van der Waals surface area contributed by atoms with Crippen LogP contribution >= 0.6 is 0 Å². The summed E-state index contributed by atoms with van der Waals surface area (Å²) in [5.41, 5.74) is 6.58. The van der Waals surface area contributed by atoms with Crippen molar-refractivity contribution in [1.29, 1.82) is 0 Å². The van der Waals surface area contributed by atoms with E-state index in [2.05, 4.69) is 4.72 Å². The highest BCUT2D eigenvalue weighted by Gasteiger charge is 2.39. The molecule has 1 aliphatic heterocycles. The summed E-state index contributed by atoms with van der Waals surface area (Å²) < 4.78 is 33.0. The van der Waals surface area contributed by atoms with Crippen LogP contribution in [0.5, 0.6) is 0 Å². The number of hydrogen-bond acceptors (Lipinski definition) is 4. The quantitative estimate of drug-likeness (QED) is 0.807. The van der Waals surface area contributed by atoms with Gasteiger partial charge in [-0.1, -0.05) is 42.5 Å². The molecule has 6 nitrogen and oxygen atoms in total. The second kappa shape index (κ2) is 7.57. The minimum atomic E-state index is -3.73. The van der Waals surface area contributed by atoms with E-state index in [1.54, 1.807) is 24.3 Å². The number of sulfonamides is 1. The zero-order chi connectivity index (χ0) is 18.6. The lowest BCUT2D eigenvalue weighted by Crippen LogP contribution is -2.49. The molecule has 0 bridgehead atoms. The fourth-order valence-electron chi connectivity index (χ4n) is 3.05. The lowest BCUT2D eigenvalue weighted by Gasteiger charge is -2.34. The summed E-state index contributed by atoms with van der Waals surface area (Å²) in [4.78, 5) is 12.0. The van der Waals surface area contributed by atoms with E-state index in [4.69, 9.17) is 10.5 Å². The van der Waals surface area contributed by atoms with Crippen LogP contribution in [0, 0.1) is 5.41 Å². The van der Waals surface area contributed by atoms with Crippen molar-refractivity contribution in [2.24, 2.45) is 11.1 Å². The first-order chi connectivity index (χ1) is 12.4. The second-order valence-electron chi connectivity index (χ2n) is 6.47. The van der Waals surface area contributed by atoms with Crippen molar-refractivity contribution in [3.63, 3.8) is 0 Å². The maximum Gasteiger partial charge on any atom is 0.240 e. The highest BCUT2D eigenvalue weighted by atomic mass is 32.2. The Morgan fingerprint density at radius 1 is 1.00 bits per heavy atom. The number of ether oxygens (including phenoxy) is 1. The summed E-state index contributed by atoms with van der Waals surface area (Å²) >= 11 is 0. The smallest absolute Gasteiger partial charge is 0.240 e. The molecule has 2 aromatic carbocycles. The molecule has 1 fully saturated rings. The van der Waals surface area contributed by atoms with Crippen molar-refractivity contribution in [3.05, 3.63) is 54.6 Å². The number of carbonyl (C=O) groups excluding carboxylic acids is 1. The van der Waals surface area contributed by atoms with E-state index in [9.17, 15) is 13.2 Å². The van der Waals surface area contributed by atoms with Gasteiger partial charge in [0.2, 0.25) is 15.9 Å². The Hall–Kier alpha value is -2.22. The van der Waals surface area contributed by atoms with Gasteiger partial charge in [0, 0.05) is 19.8 Å². The predicted molar refractivity (Wildman–Crippen MR) is 98.7 cm³/mol. The molecule has 1 amide bonds. The first-order valence-corrected chi connectivity index (χ1v) is 9.94. The van der Waals surface area contributed by atoms with Crippen molar-refractivity contribution >= 4 is 15.9 Å². The molecule has 0 radical (unpaired) electrons. The van der Waals surface area contributed by atoms with Gasteiger partial charge in [0.15, 0.2) is 0 Å². The fraction of sp³-hybridized carbons (Fsp3) is 0.316. The van der Waals surface area contributed by atoms with E-state index < -0.39 is 21.3 Å². The summed E-state index contributed by atoms with van der Waals surface area (Å²) in [6.45, 7) is 0.779. The number of nitrogens with two attached hydrogens (primary N) is 1. The summed E-state index contributed by atoms with van der Waals surface area (Å²) in [5, 5.41) is 0. The Morgan fingerprint density at radius 3 is 2.15 bits per heavy atom. The summed E-state index contributed by atoms with van der Waals surface area (Å²) in [6, 6.07) is 16.4. The molecule has 1 aliphatic rings. The van der Waals surface area contributed by atoms with Crippen molar-refractivity contribution in [3.8, 4) is 11.1 Å². The van der Waals surface area contributed by atoms with E-state index in [-0.39, 0.29) is 11.4 Å². The molecule has 0 atom stereocenters. The van der Waals surface area contributed by atoms with Crippen LogP contribution in [0.15, 0.2) is 59.5 Å². The Balaban J connectivity index is 1.74. The van der Waals surface area contributed by atoms with Crippen LogP contribution in [-0.4, -0.2) is 34.1 Å². The lowest BCUT2D eigenvalue weighted by molar-refractivity contribution is -0.132. The topological polar surface area (TPSA) is 98.5 Å². The lowest BCUT2D eigenvalue weighted by atomic mass is 9.80. The maximum absolute atomic E-state index is 12.6. The molecular formula is C19H22N2O4S. The zero-order valence-corrected chi connectivity index (χ0v) is 15.2. The van der Waals surface area contributed by atoms with Gasteiger partial charge in [-0.05, 0) is 36.1 Å². The molecule has 0 aliphatic carbocycles. The van der Waals surface area contributed by atoms with Crippen molar-refractivity contribution in [2.75, 3.05) is 19.8 Å². The third kappa shape index (κ3) is 3.95. The molecule has 0 spiro atoms. The third-order valence-electron chi connectivity index (χ3n) is 4.84. The molecule has 7 heteroatoms. The molecular weight excluding hydrogens is 352 g/mol. The Kier molecular flexibility index (Phi) is 5.41. The number of hydrogen-bond donors (Lipinski definition) is 2. The highest BCUT2D eigenvalue weighted by Crippen LogP contribution is 2.30. The summed E-state index contributed by atoms with van der Waals surface area (Å²) in [5.74, 6) is -0.497. The van der Waals surface area contributed by atoms with Crippen molar-refractivity contribution in [1.82, 2.24) is 4.72 Å². The van der Waals surface area contributed by atoms with Crippen LogP contribution in [0.2, 0.25) is 0 Å². The number of nitrogens with one attached hydrogen (secondary N) is 1. The van der Waals surface area contributed by atoms with Gasteiger partial charge in [-0.3, -0.25) is 4.79 Å². The van der Waals surface area contributed by atoms with Gasteiger partial charge in [0.25, 0.3) is 0 Å². The van der Waals surface area contributed by atoms with Gasteiger partial charge in [0.05, 0.1) is 10.3 Å². The highest BCUT2D eigenvalue weighted by molar-refractivity contribution is 7.89. The minimum absolute atomic E-state index is 0.0194. The number of benzene rings is 2. The number of carbonyl (C=O) groups is 1. The number of amides is 1. The average molecular weight is 374 g/mol. The first-order valence-electron chi connectivity index (χ1n) is 8.46. The van der Waals surface area contributed by atoms with Crippen LogP contribution < -0.4 is 10.5 Å². The van der Waals surface area contributed by atoms with Crippen molar-refractivity contribution < 1.29 is 17.9 Å². The van der Waals surface area contributed by atoms with Gasteiger partial charge in [-0.15, -0.1) is 0 Å². The largest absolute Gasteiger partial charge is 0.381 e. The molecule has 26 heavy (non-hydrogen) atoms. The molecule has 2 aromatic rings. The normalized spacial score (nSPS) is 16.9. The van der Waals surface area contributed by atoms with Crippen LogP contribution in [0.3, 0.4) is 0 Å². The monoisotopic (exact) mass is 374 g/mol. The molecule has 138 valence electrons. The van der Waals surface area contributed by atoms with E-state index >= 15 is 0 Å². The van der Waals surface area contributed by atoms with Crippen molar-refractivity contribution in [2.45, 2.75) is 17.7 Å². The standard InChI is InChI=1S/C19H22N2O4S/c20-18(22)19(10-12-25-13-11-19)14-21-26(23,24)17-8-6-16(7-9-17)15-4-2-1-3-5-15/h1-9,21H,10-14H2,(H2,20,22). The summed E-state index contributed by atoms with van der Waals surface area (Å²) in [6.07, 6.45) is 0.829. The molecule has 0 unspecified atom stereocenters. The van der Waals surface area contributed by atoms with Gasteiger partial charge in [-0.25, -0.2) is 13.1 Å². The number of primary amides is 1. The minimum Gasteiger partial charge on any atom is -0.381 e. The average Bonchev–Trinajstić information content (AvgIpc) is 2.68. The first kappa shape index (κ1) is 18.6. The van der Waals surface area contributed by atoms with Crippen LogP contribution in [0.25, 0.3) is 11.1 Å². The zero-order valence-electron chi connectivity index (χ0n) is 14.4. The van der Waals surface area contributed by atoms with E-state index in [1.165, 1.54) is 0 Å². The summed E-state index contributed by atoms with van der Waals surface area (Å²) in [7, 11) is -3.73. The maximum atomic E-state index is 12.6. The Morgan fingerprint density at radius 2 is 1.58 bits per heavy atom. The van der Waals surface area contributed by atoms with Crippen LogP contribution in [0.4, 0.5) is 0 Å². The predicted octanol–water partition coefficient (Wildman–Crippen LogP) is 1.91. The Bertz CT molecular complexity index is 858. The Labute approximate surface area is 153 Å². The second-order valence-corrected chi connectivity index (χ2v) is 8.24. The van der Waals surface area contributed by atoms with Gasteiger partial charge >= 0.3 is 0 Å². The van der Waals surface area contributed by atoms with Gasteiger partial charge < -0.3 is 10.5 Å². The molecule has 1 heterocycles. The van der Waals surface area contributed by atoms with Crippen LogP contribution in [0.1, 0.15) is 12.8 Å². The van der Waals surface area contributed by atoms with E-state index in [0.717, 1.165) is 11.1 Å². The fourth-order valence-corrected chi connectivity index (χ4v) is 4.17. The van der Waals surface area contributed by atoms with Crippen LogP contribution in [-0.2, 0) is 19.6 Å². The van der Waals surface area contributed by atoms with Gasteiger partial charge in [-0.2, -0.15) is 0 Å². The van der Waals surface area contributed by atoms with E-state index in [0.29, 0.717) is 26.1 Å². The SMILES string of the molecule is NC(=O)C1(CNS(=O)(=O)c2ccc(-c3ccccc3)cc2)CCOCC1. The third-order valence-corrected chi connectivity index (χ3v) is 6.26. The molecule has 3 rings (SSSR count). The molecule has 3 N–H and O–H groups in total. The van der Waals surface area contributed by atoms with Gasteiger partial charge in [0.1, 0.15) is 0 Å².